The predicted octanol–water partition coefficient (Wildman–Crippen LogP) is 37.8. The van der Waals surface area contributed by atoms with Gasteiger partial charge < -0.3 is 26.5 Å². The van der Waals surface area contributed by atoms with E-state index in [1.54, 1.807) is 0 Å². The molecule has 12 nitrogen and oxygen atoms in total. The third-order valence-corrected chi connectivity index (χ3v) is 28.6. The zero-order chi connectivity index (χ0) is 99.1. The molecule has 9 heterocycles. The summed E-state index contributed by atoms with van der Waals surface area (Å²) < 4.78 is 36.7. The van der Waals surface area contributed by atoms with Crippen LogP contribution in [0.3, 0.4) is 0 Å². The Bertz CT molecular complexity index is 9910. The summed E-state index contributed by atoms with van der Waals surface area (Å²) in [5.74, 6) is 2.08. The van der Waals surface area contributed by atoms with Gasteiger partial charge in [0.15, 0.2) is 17.5 Å². The van der Waals surface area contributed by atoms with E-state index in [2.05, 4.69) is 358 Å². The monoisotopic (exact) mass is 1920 g/mol. The van der Waals surface area contributed by atoms with Gasteiger partial charge in [0.05, 0.1) is 34.2 Å². The molecule has 0 spiro atoms. The number of aromatic nitrogens is 6. The highest BCUT2D eigenvalue weighted by molar-refractivity contribution is 6.15. The van der Waals surface area contributed by atoms with Crippen molar-refractivity contribution in [3.8, 4) is 168 Å². The lowest BCUT2D eigenvalue weighted by molar-refractivity contribution is 0.668. The van der Waals surface area contributed by atoms with E-state index < -0.39 is 0 Å². The van der Waals surface area contributed by atoms with Gasteiger partial charge in [0.25, 0.3) is 0 Å². The molecule has 30 aromatic rings. The molecule has 0 fully saturated rings. The Morgan fingerprint density at radius 3 is 0.607 bits per heavy atom. The van der Waals surface area contributed by atoms with Gasteiger partial charge in [-0.3, -0.25) is 0 Å². The van der Waals surface area contributed by atoms with E-state index in [1.165, 1.54) is 0 Å². The van der Waals surface area contributed by atoms with Gasteiger partial charge in [0, 0.05) is 115 Å². The van der Waals surface area contributed by atoms with Crippen LogP contribution in [0.2, 0.25) is 0 Å². The van der Waals surface area contributed by atoms with E-state index in [9.17, 15) is 0 Å². The van der Waals surface area contributed by atoms with Crippen molar-refractivity contribution in [2.24, 2.45) is 0 Å². The second-order valence-electron chi connectivity index (χ2n) is 37.7. The minimum atomic E-state index is 0.690. The van der Waals surface area contributed by atoms with Gasteiger partial charge in [-0.05, 0) is 182 Å². The summed E-state index contributed by atoms with van der Waals surface area (Å²) in [5, 5.41) is 13.5. The first-order chi connectivity index (χ1) is 74.2. The van der Waals surface area contributed by atoms with Crippen LogP contribution in [0, 0.1) is 0 Å². The second kappa shape index (κ2) is 37.1. The van der Waals surface area contributed by atoms with Crippen LogP contribution in [-0.4, -0.2) is 29.9 Å². The maximum atomic E-state index is 6.16. The van der Waals surface area contributed by atoms with E-state index in [-0.39, 0.29) is 0 Å². The van der Waals surface area contributed by atoms with Crippen LogP contribution in [0.4, 0.5) is 0 Å². The first-order valence-corrected chi connectivity index (χ1v) is 50.2. The van der Waals surface area contributed by atoms with Gasteiger partial charge in [-0.15, -0.1) is 0 Å². The first kappa shape index (κ1) is 87.5. The number of hydrogen-bond acceptors (Lipinski definition) is 12. The summed E-state index contributed by atoms with van der Waals surface area (Å²) in [6.45, 7) is 0. The van der Waals surface area contributed by atoms with E-state index in [1.807, 2.05) is 152 Å². The van der Waals surface area contributed by atoms with E-state index in [0.29, 0.717) is 17.5 Å². The van der Waals surface area contributed by atoms with E-state index >= 15 is 0 Å². The number of rotatable bonds is 15. The zero-order valence-corrected chi connectivity index (χ0v) is 80.6. The number of furan rings is 6. The van der Waals surface area contributed by atoms with Crippen molar-refractivity contribution in [2.45, 2.75) is 0 Å². The molecule has 0 N–H and O–H groups in total. The van der Waals surface area contributed by atoms with Gasteiger partial charge in [0.1, 0.15) is 67.0 Å². The number of fused-ring (bicyclic) bond motifs is 18. The largest absolute Gasteiger partial charge is 0.456 e. The van der Waals surface area contributed by atoms with Gasteiger partial charge in [-0.25, -0.2) is 29.9 Å². The highest BCUT2D eigenvalue weighted by Crippen LogP contribution is 2.45. The Balaban J connectivity index is 0.000000108. The summed E-state index contributed by atoms with van der Waals surface area (Å²) in [6, 6.07) is 176. The number of nitrogens with zero attached hydrogens (tertiary/aromatic N) is 6. The number of hydrogen-bond donors (Lipinski definition) is 0. The maximum absolute atomic E-state index is 6.16. The lowest BCUT2D eigenvalue weighted by Gasteiger charge is -2.11. The highest BCUT2D eigenvalue weighted by atomic mass is 16.3. The minimum Gasteiger partial charge on any atom is -0.456 e. The molecule has 9 aromatic heterocycles. The fourth-order valence-corrected chi connectivity index (χ4v) is 21.0. The second-order valence-corrected chi connectivity index (χ2v) is 37.7. The maximum Gasteiger partial charge on any atom is 0.160 e. The predicted molar refractivity (Wildman–Crippen MR) is 611 cm³/mol. The average Bonchev–Trinajstić information content (AvgIpc) is 1.65. The molecule has 21 aromatic carbocycles. The Morgan fingerprint density at radius 2 is 0.307 bits per heavy atom. The minimum absolute atomic E-state index is 0.690. The van der Waals surface area contributed by atoms with E-state index in [0.717, 1.165) is 283 Å². The lowest BCUT2D eigenvalue weighted by Crippen LogP contribution is -1.96. The van der Waals surface area contributed by atoms with Crippen LogP contribution in [-0.2, 0) is 0 Å². The Labute approximate surface area is 860 Å². The Hall–Kier alpha value is -20.3. The van der Waals surface area contributed by atoms with Crippen molar-refractivity contribution < 1.29 is 26.5 Å². The van der Waals surface area contributed by atoms with Crippen LogP contribution >= 0.6 is 0 Å². The van der Waals surface area contributed by atoms with Crippen LogP contribution in [0.25, 0.3) is 300 Å². The van der Waals surface area contributed by atoms with Crippen molar-refractivity contribution >= 4 is 132 Å². The molecule has 30 rings (SSSR count). The normalized spacial score (nSPS) is 11.6. The molecular formula is C138H84N6O6. The van der Waals surface area contributed by atoms with Crippen molar-refractivity contribution in [1.82, 2.24) is 29.9 Å². The molecule has 0 amide bonds. The molecule has 12 heteroatoms. The molecule has 0 unspecified atom stereocenters. The summed E-state index contributed by atoms with van der Waals surface area (Å²) in [5.41, 5.74) is 38.6. The lowest BCUT2D eigenvalue weighted by atomic mass is 9.97. The third-order valence-electron chi connectivity index (χ3n) is 28.6. The third kappa shape index (κ3) is 16.4. The van der Waals surface area contributed by atoms with Gasteiger partial charge in [0.2, 0.25) is 0 Å². The summed E-state index contributed by atoms with van der Waals surface area (Å²) in [7, 11) is 0. The topological polar surface area (TPSA) is 156 Å². The molecule has 0 saturated heterocycles. The molecule has 702 valence electrons. The quantitative estimate of drug-likeness (QED) is 0.0959. The van der Waals surface area contributed by atoms with Crippen LogP contribution < -0.4 is 0 Å². The molecule has 0 radical (unpaired) electrons. The highest BCUT2D eigenvalue weighted by Gasteiger charge is 2.23. The summed E-state index contributed by atoms with van der Waals surface area (Å²) >= 11 is 0. The SMILES string of the molecule is c1ccc(-c2nc(-c3ccc(-c4ccc5c(c4)oc4ccccc45)cc3)cc(-c3ccc(-c4ccc5c(c4)oc4ccccc45)cc3)n2)cc1.c1ccc(-c2nc(-c3ccc(-c4ccc5oc6ccccc6c5c4)cc3)cc(-c3ccc(-c4ccc5oc6ccccc6c5c4)cc3)n2)cc1.c1ccc(-c2nc(-c3ccc(-c4cccc5oc6ccccc6c45)cc3)cc(-c3ccc(-c4cccc5oc6ccccc6c45)cc3)n2)cc1. The number of benzene rings is 21. The standard InChI is InChI=1S/3C46H28N2O2/c1-2-10-33(11-3-1)46-47-38(31-24-20-29(21-25-31)34-14-8-18-42-44(34)36-12-4-6-16-40(36)49-42)28-39(48-46)32-26-22-30(23-27-32)35-15-9-19-43-45(35)37-13-5-7-17-41(37)50-43;1-2-8-33(9-3-1)46-47-40(31-18-14-29(15-19-31)34-22-24-44-38(26-34)36-10-4-6-12-42(36)49-44)28-41(48-46)32-20-16-30(17-21-32)35-23-25-45-39(27-35)37-11-5-7-13-43(37)50-45;1-2-8-33(9-3-1)46-47-40(31-18-14-29(15-19-31)34-22-24-38-36-10-4-6-12-42(36)49-44(38)26-34)28-41(48-46)32-20-16-30(17-21-32)35-23-25-39-37-11-5-7-13-43(37)50-45(39)27-35/h3*1-28H. The van der Waals surface area contributed by atoms with Crippen molar-refractivity contribution in [2.75, 3.05) is 0 Å². The van der Waals surface area contributed by atoms with Crippen molar-refractivity contribution in [3.05, 3.63) is 510 Å². The van der Waals surface area contributed by atoms with Gasteiger partial charge in [-0.1, -0.05) is 394 Å². The van der Waals surface area contributed by atoms with Crippen LogP contribution in [0.15, 0.2) is 536 Å². The van der Waals surface area contributed by atoms with Gasteiger partial charge in [-0.2, -0.15) is 0 Å². The average molecular weight is 1920 g/mol. The molecule has 150 heavy (non-hydrogen) atoms. The van der Waals surface area contributed by atoms with Crippen molar-refractivity contribution in [3.63, 3.8) is 0 Å². The first-order valence-electron chi connectivity index (χ1n) is 50.2. The Morgan fingerprint density at radius 1 is 0.107 bits per heavy atom. The molecule has 0 aliphatic rings. The Kier molecular flexibility index (Phi) is 21.6. The zero-order valence-electron chi connectivity index (χ0n) is 80.6. The fraction of sp³-hybridized carbons (Fsp3) is 0. The van der Waals surface area contributed by atoms with Crippen molar-refractivity contribution in [1.29, 1.82) is 0 Å². The van der Waals surface area contributed by atoms with E-state index in [4.69, 9.17) is 56.4 Å². The smallest absolute Gasteiger partial charge is 0.160 e. The van der Waals surface area contributed by atoms with Gasteiger partial charge >= 0.3 is 0 Å². The molecule has 0 saturated carbocycles. The number of para-hydroxylation sites is 6. The van der Waals surface area contributed by atoms with Crippen LogP contribution in [0.5, 0.6) is 0 Å². The van der Waals surface area contributed by atoms with Crippen LogP contribution in [0.1, 0.15) is 0 Å². The molecule has 0 aliphatic heterocycles. The molecular weight excluding hydrogens is 1840 g/mol. The molecule has 0 bridgehead atoms. The molecule has 0 atom stereocenters. The summed E-state index contributed by atoms with van der Waals surface area (Å²) in [4.78, 5) is 30.3. The summed E-state index contributed by atoms with van der Waals surface area (Å²) in [6.07, 6.45) is 0. The molecule has 0 aliphatic carbocycles. The fourth-order valence-electron chi connectivity index (χ4n) is 21.0.